The molecule has 1 amide bonds. The SMILES string of the molecule is CO[C@@H](C)C(=O)N1N=C(c2cc(F)ccc2F)OC1(CCCNC1CC=CC1)c1ccccc1. The number of halogens is 2. The van der Waals surface area contributed by atoms with Gasteiger partial charge in [0.25, 0.3) is 5.91 Å². The number of amides is 1. The highest BCUT2D eigenvalue weighted by atomic mass is 19.1. The summed E-state index contributed by atoms with van der Waals surface area (Å²) in [6.45, 7) is 2.32. The molecular weight excluding hydrogens is 440 g/mol. The lowest BCUT2D eigenvalue weighted by atomic mass is 9.95. The quantitative estimate of drug-likeness (QED) is 0.435. The summed E-state index contributed by atoms with van der Waals surface area (Å²) in [4.78, 5) is 13.4. The van der Waals surface area contributed by atoms with Crippen LogP contribution in [0, 0.1) is 11.6 Å². The van der Waals surface area contributed by atoms with Crippen LogP contribution in [0.1, 0.15) is 43.7 Å². The van der Waals surface area contributed by atoms with Crippen molar-refractivity contribution >= 4 is 11.8 Å². The Kier molecular flexibility index (Phi) is 7.38. The predicted molar refractivity (Wildman–Crippen MR) is 125 cm³/mol. The second-order valence-corrected chi connectivity index (χ2v) is 8.51. The molecule has 0 fully saturated rings. The van der Waals surface area contributed by atoms with Crippen molar-refractivity contribution in [3.8, 4) is 0 Å². The van der Waals surface area contributed by atoms with E-state index in [0.717, 1.165) is 31.0 Å². The molecule has 0 aromatic heterocycles. The Bertz CT molecular complexity index is 1070. The minimum absolute atomic E-state index is 0.143. The van der Waals surface area contributed by atoms with E-state index in [1.54, 1.807) is 6.92 Å². The molecule has 4 rings (SSSR count). The highest BCUT2D eigenvalue weighted by molar-refractivity contribution is 5.97. The molecule has 0 radical (unpaired) electrons. The number of benzene rings is 2. The molecule has 2 aromatic rings. The van der Waals surface area contributed by atoms with Gasteiger partial charge < -0.3 is 14.8 Å². The molecule has 0 spiro atoms. The lowest BCUT2D eigenvalue weighted by Gasteiger charge is -2.36. The minimum atomic E-state index is -1.32. The molecule has 34 heavy (non-hydrogen) atoms. The van der Waals surface area contributed by atoms with E-state index in [1.165, 1.54) is 12.1 Å². The Labute approximate surface area is 198 Å². The van der Waals surface area contributed by atoms with Gasteiger partial charge in [-0.2, -0.15) is 5.01 Å². The third-order valence-electron chi connectivity index (χ3n) is 6.23. The van der Waals surface area contributed by atoms with E-state index in [2.05, 4.69) is 22.6 Å². The van der Waals surface area contributed by atoms with Gasteiger partial charge in [-0.3, -0.25) is 4.79 Å². The van der Waals surface area contributed by atoms with E-state index in [-0.39, 0.29) is 11.5 Å². The Morgan fingerprint density at radius 1 is 1.24 bits per heavy atom. The van der Waals surface area contributed by atoms with E-state index in [9.17, 15) is 13.6 Å². The summed E-state index contributed by atoms with van der Waals surface area (Å²) in [5, 5.41) is 9.12. The lowest BCUT2D eigenvalue weighted by molar-refractivity contribution is -0.162. The molecule has 2 aromatic carbocycles. The number of hydrazone groups is 1. The average Bonchev–Trinajstić information content (AvgIpc) is 3.52. The highest BCUT2D eigenvalue weighted by Crippen LogP contribution is 2.41. The van der Waals surface area contributed by atoms with Gasteiger partial charge in [0.2, 0.25) is 11.6 Å². The fraction of sp³-hybridized carbons (Fsp3) is 0.385. The molecule has 1 unspecified atom stereocenters. The predicted octanol–water partition coefficient (Wildman–Crippen LogP) is 4.46. The number of hydrogen-bond acceptors (Lipinski definition) is 5. The van der Waals surface area contributed by atoms with Crippen molar-refractivity contribution in [1.29, 1.82) is 0 Å². The molecule has 0 saturated carbocycles. The first kappa shape index (κ1) is 24.0. The zero-order valence-electron chi connectivity index (χ0n) is 19.3. The molecule has 1 N–H and O–H groups in total. The maximum absolute atomic E-state index is 14.6. The molecule has 2 aliphatic rings. The molecule has 0 saturated heterocycles. The summed E-state index contributed by atoms with van der Waals surface area (Å²) in [5.41, 5.74) is -0.782. The molecule has 6 nitrogen and oxygen atoms in total. The van der Waals surface area contributed by atoms with E-state index in [0.29, 0.717) is 31.0 Å². The molecule has 180 valence electrons. The Morgan fingerprint density at radius 3 is 2.68 bits per heavy atom. The van der Waals surface area contributed by atoms with E-state index < -0.39 is 29.4 Å². The van der Waals surface area contributed by atoms with Crippen LogP contribution < -0.4 is 5.32 Å². The van der Waals surface area contributed by atoms with Crippen molar-refractivity contribution in [1.82, 2.24) is 10.3 Å². The number of methoxy groups -OCH3 is 1. The van der Waals surface area contributed by atoms with Crippen molar-refractivity contribution in [2.75, 3.05) is 13.7 Å². The van der Waals surface area contributed by atoms with Crippen LogP contribution in [0.4, 0.5) is 8.78 Å². The number of hydrogen-bond donors (Lipinski definition) is 1. The van der Waals surface area contributed by atoms with Gasteiger partial charge in [-0.15, -0.1) is 5.10 Å². The van der Waals surface area contributed by atoms with Gasteiger partial charge in [-0.25, -0.2) is 8.78 Å². The number of nitrogens with zero attached hydrogens (tertiary/aromatic N) is 2. The number of carbonyl (C=O) groups is 1. The number of rotatable bonds is 9. The fourth-order valence-corrected chi connectivity index (χ4v) is 4.26. The second-order valence-electron chi connectivity index (χ2n) is 8.51. The monoisotopic (exact) mass is 469 g/mol. The second kappa shape index (κ2) is 10.4. The average molecular weight is 470 g/mol. The summed E-state index contributed by atoms with van der Waals surface area (Å²) < 4.78 is 40.2. The number of nitrogens with one attached hydrogen (secondary N) is 1. The Hall–Kier alpha value is -3.10. The first-order chi connectivity index (χ1) is 16.4. The largest absolute Gasteiger partial charge is 0.443 e. The number of carbonyl (C=O) groups excluding carboxylic acids is 1. The third-order valence-corrected chi connectivity index (χ3v) is 6.23. The normalized spacial score (nSPS) is 20.9. The van der Waals surface area contributed by atoms with Gasteiger partial charge in [0.1, 0.15) is 17.7 Å². The van der Waals surface area contributed by atoms with Crippen LogP contribution in [-0.2, 0) is 20.0 Å². The van der Waals surface area contributed by atoms with Crippen molar-refractivity contribution in [2.45, 2.75) is 50.5 Å². The summed E-state index contributed by atoms with van der Waals surface area (Å²) >= 11 is 0. The van der Waals surface area contributed by atoms with Crippen LogP contribution in [0.25, 0.3) is 0 Å². The molecular formula is C26H29F2N3O3. The van der Waals surface area contributed by atoms with Gasteiger partial charge in [0.05, 0.1) is 5.56 Å². The van der Waals surface area contributed by atoms with Crippen LogP contribution in [-0.4, -0.2) is 42.6 Å². The van der Waals surface area contributed by atoms with Crippen LogP contribution in [0.5, 0.6) is 0 Å². The standard InChI is InChI=1S/C26H29F2N3O3/c1-18(33-2)25(32)31-26(19-9-4-3-5-10-19,15-8-16-29-21-11-6-7-12-21)34-24(30-31)22-17-20(27)13-14-23(22)28/h3-7,9-10,13-14,17-18,21,29H,8,11-12,15-16H2,1-2H3/t18-,26?/m0/s1. The number of ether oxygens (including phenoxy) is 2. The zero-order chi connectivity index (χ0) is 24.1. The molecule has 1 aliphatic heterocycles. The van der Waals surface area contributed by atoms with Crippen molar-refractivity contribution in [2.24, 2.45) is 5.10 Å². The Balaban J connectivity index is 1.69. The molecule has 1 heterocycles. The van der Waals surface area contributed by atoms with E-state index in [1.807, 2.05) is 30.3 Å². The summed E-state index contributed by atoms with van der Waals surface area (Å²) in [5.74, 6) is -1.90. The first-order valence-corrected chi connectivity index (χ1v) is 11.5. The van der Waals surface area contributed by atoms with Gasteiger partial charge in [-0.05, 0) is 50.9 Å². The third kappa shape index (κ3) is 4.88. The molecule has 2 atom stereocenters. The molecule has 8 heteroatoms. The summed E-state index contributed by atoms with van der Waals surface area (Å²) in [6, 6.07) is 12.7. The van der Waals surface area contributed by atoms with Crippen molar-refractivity contribution in [3.63, 3.8) is 0 Å². The van der Waals surface area contributed by atoms with Crippen LogP contribution in [0.2, 0.25) is 0 Å². The van der Waals surface area contributed by atoms with Crippen LogP contribution >= 0.6 is 0 Å². The fourth-order valence-electron chi connectivity index (χ4n) is 4.26. The zero-order valence-corrected chi connectivity index (χ0v) is 19.3. The molecule has 1 aliphatic carbocycles. The van der Waals surface area contributed by atoms with Gasteiger partial charge >= 0.3 is 0 Å². The van der Waals surface area contributed by atoms with Gasteiger partial charge in [-0.1, -0.05) is 42.5 Å². The van der Waals surface area contributed by atoms with Crippen molar-refractivity contribution < 1.29 is 23.0 Å². The van der Waals surface area contributed by atoms with Crippen LogP contribution in [0.15, 0.2) is 65.8 Å². The van der Waals surface area contributed by atoms with Gasteiger partial charge in [0.15, 0.2) is 0 Å². The van der Waals surface area contributed by atoms with Crippen LogP contribution in [0.3, 0.4) is 0 Å². The smallest absolute Gasteiger partial charge is 0.275 e. The summed E-state index contributed by atoms with van der Waals surface area (Å²) in [6.07, 6.45) is 6.52. The van der Waals surface area contributed by atoms with E-state index in [4.69, 9.17) is 9.47 Å². The highest BCUT2D eigenvalue weighted by Gasteiger charge is 2.50. The minimum Gasteiger partial charge on any atom is -0.443 e. The Morgan fingerprint density at radius 2 is 1.97 bits per heavy atom. The topological polar surface area (TPSA) is 63.2 Å². The molecule has 0 bridgehead atoms. The summed E-state index contributed by atoms with van der Waals surface area (Å²) in [7, 11) is 1.43. The van der Waals surface area contributed by atoms with E-state index >= 15 is 0 Å². The van der Waals surface area contributed by atoms with Gasteiger partial charge in [0, 0.05) is 25.1 Å². The maximum Gasteiger partial charge on any atom is 0.275 e. The lowest BCUT2D eigenvalue weighted by Crippen LogP contribution is -2.48. The maximum atomic E-state index is 14.6. The first-order valence-electron chi connectivity index (χ1n) is 11.5. The van der Waals surface area contributed by atoms with Crippen molar-refractivity contribution in [3.05, 3.63) is 83.4 Å².